The minimum Gasteiger partial charge on any atom is -0.347 e. The summed E-state index contributed by atoms with van der Waals surface area (Å²) in [7, 11) is 0. The maximum absolute atomic E-state index is 13.8. The van der Waals surface area contributed by atoms with Crippen LogP contribution in [0.5, 0.6) is 0 Å². The van der Waals surface area contributed by atoms with Crippen LogP contribution in [0, 0.1) is 11.8 Å². The number of carbonyl (C=O) groups is 6. The molecule has 1 saturated carbocycles. The van der Waals surface area contributed by atoms with Gasteiger partial charge in [0.2, 0.25) is 23.5 Å². The number of nitrogens with one attached hydrogen (secondary N) is 5. The van der Waals surface area contributed by atoms with Gasteiger partial charge >= 0.3 is 0 Å². The maximum atomic E-state index is 13.8. The molecule has 41 heavy (non-hydrogen) atoms. The first-order valence-electron chi connectivity index (χ1n) is 14.5. The van der Waals surface area contributed by atoms with Crippen molar-refractivity contribution in [3.63, 3.8) is 0 Å². The highest BCUT2D eigenvalue weighted by atomic mass is 16.2. The first kappa shape index (κ1) is 31.8. The molecular weight excluding hydrogens is 530 g/mol. The Labute approximate surface area is 240 Å². The van der Waals surface area contributed by atoms with Gasteiger partial charge in [-0.1, -0.05) is 40.5 Å². The zero-order chi connectivity index (χ0) is 30.3. The Morgan fingerprint density at radius 1 is 1.02 bits per heavy atom. The molecule has 1 aromatic rings. The van der Waals surface area contributed by atoms with Crippen molar-refractivity contribution >= 4 is 35.3 Å². The number of aromatic nitrogens is 2. The molecule has 1 aromatic heterocycles. The van der Waals surface area contributed by atoms with E-state index in [1.165, 1.54) is 24.2 Å². The van der Waals surface area contributed by atoms with Crippen molar-refractivity contribution in [2.45, 2.75) is 103 Å². The van der Waals surface area contributed by atoms with E-state index < -0.39 is 59.5 Å². The molecule has 1 saturated heterocycles. The van der Waals surface area contributed by atoms with E-state index in [9.17, 15) is 28.8 Å². The van der Waals surface area contributed by atoms with Gasteiger partial charge in [0.1, 0.15) is 18.1 Å². The number of carbonyl (C=O) groups excluding carboxylic acids is 6. The van der Waals surface area contributed by atoms with Gasteiger partial charge in [0.15, 0.2) is 5.82 Å². The maximum Gasteiger partial charge on any atom is 0.289 e. The van der Waals surface area contributed by atoms with Gasteiger partial charge in [-0.15, -0.1) is 0 Å². The second-order valence-electron chi connectivity index (χ2n) is 11.3. The van der Waals surface area contributed by atoms with Gasteiger partial charge in [0.25, 0.3) is 11.8 Å². The molecule has 0 radical (unpaired) electrons. The molecule has 226 valence electrons. The van der Waals surface area contributed by atoms with Gasteiger partial charge in [-0.2, -0.15) is 0 Å². The minimum atomic E-state index is -0.986. The molecule has 1 unspecified atom stereocenters. The molecule has 1 aliphatic carbocycles. The van der Waals surface area contributed by atoms with Crippen LogP contribution in [-0.2, 0) is 24.0 Å². The molecule has 0 spiro atoms. The number of imidazole rings is 1. The lowest BCUT2D eigenvalue weighted by Crippen LogP contribution is -2.59. The van der Waals surface area contributed by atoms with E-state index in [0.29, 0.717) is 32.2 Å². The largest absolute Gasteiger partial charge is 0.347 e. The molecule has 13 nitrogen and oxygen atoms in total. The first-order valence-corrected chi connectivity index (χ1v) is 14.5. The number of hydrogen-bond donors (Lipinski definition) is 5. The zero-order valence-corrected chi connectivity index (χ0v) is 24.5. The zero-order valence-electron chi connectivity index (χ0n) is 24.5. The Morgan fingerprint density at radius 3 is 2.29 bits per heavy atom. The fourth-order valence-electron chi connectivity index (χ4n) is 5.03. The number of rotatable bonds is 14. The standard InChI is InChI=1S/C28H43N7O6/c1-6-8-19(22(36)26(39)32-18-9-10-18)33-25(38)21-17(7-2)11-14-35(21)28(41)20(15(3)4)34-24(37)16(5)31-27(40)23-29-12-13-30-23/h12-13,15-21H,6-11,14H2,1-5H3,(H,29,30)(H,31,40)(H,32,39)(H,33,38)(H,34,37)/t16-,17-,19?,20-,21-/m0/s1. The molecule has 5 N–H and O–H groups in total. The lowest BCUT2D eigenvalue weighted by molar-refractivity contribution is -0.145. The van der Waals surface area contributed by atoms with Gasteiger partial charge in [0, 0.05) is 25.0 Å². The van der Waals surface area contributed by atoms with Crippen LogP contribution in [0.3, 0.4) is 0 Å². The van der Waals surface area contributed by atoms with Crippen molar-refractivity contribution < 1.29 is 28.8 Å². The lowest BCUT2D eigenvalue weighted by atomic mass is 9.95. The summed E-state index contributed by atoms with van der Waals surface area (Å²) in [6.45, 7) is 9.17. The average molecular weight is 574 g/mol. The molecule has 3 rings (SSSR count). The Balaban J connectivity index is 1.71. The number of nitrogens with zero attached hydrogens (tertiary/aromatic N) is 2. The lowest BCUT2D eigenvalue weighted by Gasteiger charge is -2.33. The molecule has 13 heteroatoms. The molecule has 5 amide bonds. The molecule has 0 bridgehead atoms. The second kappa shape index (κ2) is 14.2. The molecule has 2 heterocycles. The van der Waals surface area contributed by atoms with Crippen molar-refractivity contribution in [2.24, 2.45) is 11.8 Å². The molecule has 5 atom stereocenters. The number of Topliss-reactive ketones (excluding diaryl/α,β-unsaturated/α-hetero) is 1. The highest BCUT2D eigenvalue weighted by molar-refractivity contribution is 6.38. The third-order valence-corrected chi connectivity index (χ3v) is 7.63. The van der Waals surface area contributed by atoms with Gasteiger partial charge in [-0.25, -0.2) is 4.98 Å². The summed E-state index contributed by atoms with van der Waals surface area (Å²) in [6.07, 6.45) is 6.67. The highest BCUT2D eigenvalue weighted by Gasteiger charge is 2.45. The molecule has 2 fully saturated rings. The fourth-order valence-corrected chi connectivity index (χ4v) is 5.03. The van der Waals surface area contributed by atoms with Crippen LogP contribution in [0.2, 0.25) is 0 Å². The topological polar surface area (TPSA) is 182 Å². The van der Waals surface area contributed by atoms with Gasteiger partial charge < -0.3 is 31.2 Å². The predicted molar refractivity (Wildman–Crippen MR) is 149 cm³/mol. The second-order valence-corrected chi connectivity index (χ2v) is 11.3. The Hall–Kier alpha value is -3.77. The number of aromatic amines is 1. The number of amides is 5. The van der Waals surface area contributed by atoms with Crippen molar-refractivity contribution in [3.8, 4) is 0 Å². The molecule has 0 aromatic carbocycles. The minimum absolute atomic E-state index is 0.0150. The smallest absolute Gasteiger partial charge is 0.289 e. The molecule has 1 aliphatic heterocycles. The van der Waals surface area contributed by atoms with Crippen LogP contribution in [-0.4, -0.2) is 86.9 Å². The van der Waals surface area contributed by atoms with E-state index in [-0.39, 0.29) is 23.7 Å². The monoisotopic (exact) mass is 573 g/mol. The van der Waals surface area contributed by atoms with Crippen molar-refractivity contribution in [3.05, 3.63) is 18.2 Å². The number of likely N-dealkylation sites (tertiary alicyclic amines) is 1. The normalized spacial score (nSPS) is 20.6. The summed E-state index contributed by atoms with van der Waals surface area (Å²) in [5, 5.41) is 10.7. The fraction of sp³-hybridized carbons (Fsp3) is 0.679. The Morgan fingerprint density at radius 2 is 1.73 bits per heavy atom. The summed E-state index contributed by atoms with van der Waals surface area (Å²) < 4.78 is 0. The molecular formula is C28H43N7O6. The summed E-state index contributed by atoms with van der Waals surface area (Å²) in [5.41, 5.74) is 0. The first-order chi connectivity index (χ1) is 19.5. The van der Waals surface area contributed by atoms with Crippen LogP contribution < -0.4 is 21.3 Å². The van der Waals surface area contributed by atoms with E-state index >= 15 is 0 Å². The number of ketones is 1. The third kappa shape index (κ3) is 8.14. The van der Waals surface area contributed by atoms with Gasteiger partial charge in [0.05, 0.1) is 6.04 Å². The van der Waals surface area contributed by atoms with Gasteiger partial charge in [-0.05, 0) is 44.4 Å². The van der Waals surface area contributed by atoms with E-state index in [2.05, 4.69) is 31.2 Å². The SMILES string of the molecule is CCCC(NC(=O)[C@@H]1[C@@H](CC)CCN1C(=O)[C@@H](NC(=O)[C@H](C)NC(=O)c1ncc[nH]1)C(C)C)C(=O)C(=O)NC1CC1. The summed E-state index contributed by atoms with van der Waals surface area (Å²) in [4.78, 5) is 86.0. The Bertz CT molecular complexity index is 1120. The van der Waals surface area contributed by atoms with E-state index in [0.717, 1.165) is 12.8 Å². The van der Waals surface area contributed by atoms with E-state index in [1.807, 2.05) is 13.8 Å². The van der Waals surface area contributed by atoms with Crippen LogP contribution in [0.4, 0.5) is 0 Å². The summed E-state index contributed by atoms with van der Waals surface area (Å²) in [5.74, 6) is -3.81. The quantitative estimate of drug-likeness (QED) is 0.200. The summed E-state index contributed by atoms with van der Waals surface area (Å²) in [6, 6.07) is -3.72. The summed E-state index contributed by atoms with van der Waals surface area (Å²) >= 11 is 0. The van der Waals surface area contributed by atoms with Gasteiger partial charge in [-0.3, -0.25) is 28.8 Å². The van der Waals surface area contributed by atoms with E-state index in [1.54, 1.807) is 13.8 Å². The number of hydrogen-bond acceptors (Lipinski definition) is 7. The van der Waals surface area contributed by atoms with Crippen molar-refractivity contribution in [1.29, 1.82) is 0 Å². The Kier molecular flexibility index (Phi) is 11.0. The van der Waals surface area contributed by atoms with Crippen LogP contribution in [0.25, 0.3) is 0 Å². The number of H-pyrrole nitrogens is 1. The third-order valence-electron chi connectivity index (χ3n) is 7.63. The highest BCUT2D eigenvalue weighted by Crippen LogP contribution is 2.29. The predicted octanol–water partition coefficient (Wildman–Crippen LogP) is 0.429. The van der Waals surface area contributed by atoms with Crippen LogP contribution in [0.1, 0.15) is 83.8 Å². The van der Waals surface area contributed by atoms with Crippen LogP contribution >= 0.6 is 0 Å². The van der Waals surface area contributed by atoms with Crippen molar-refractivity contribution in [2.75, 3.05) is 6.54 Å². The van der Waals surface area contributed by atoms with Crippen LogP contribution in [0.15, 0.2) is 12.4 Å². The van der Waals surface area contributed by atoms with Crippen molar-refractivity contribution in [1.82, 2.24) is 36.1 Å². The molecule has 2 aliphatic rings. The average Bonchev–Trinajstić information content (AvgIpc) is 3.40. The van der Waals surface area contributed by atoms with E-state index in [4.69, 9.17) is 0 Å².